The van der Waals surface area contributed by atoms with Gasteiger partial charge in [0.1, 0.15) is 0 Å². The molecule has 0 amide bonds. The second kappa shape index (κ2) is 13.1. The monoisotopic (exact) mass is 539 g/mol. The van der Waals surface area contributed by atoms with E-state index in [1.54, 1.807) is 0 Å². The fourth-order valence-corrected chi connectivity index (χ4v) is 6.22. The normalized spacial score (nSPS) is 15.2. The summed E-state index contributed by atoms with van der Waals surface area (Å²) < 4.78 is 5.60. The Morgan fingerprint density at radius 1 is 0.718 bits per heavy atom. The number of ether oxygens (including phenoxy) is 1. The molecule has 1 saturated heterocycles. The van der Waals surface area contributed by atoms with Crippen LogP contribution < -0.4 is 0 Å². The van der Waals surface area contributed by atoms with Crippen LogP contribution in [0.3, 0.4) is 0 Å². The molecule has 1 fully saturated rings. The van der Waals surface area contributed by atoms with Gasteiger partial charge in [0.2, 0.25) is 0 Å². The van der Waals surface area contributed by atoms with E-state index >= 15 is 0 Å². The van der Waals surface area contributed by atoms with Crippen LogP contribution in [0.4, 0.5) is 0 Å². The highest BCUT2D eigenvalue weighted by Gasteiger charge is 2.45. The van der Waals surface area contributed by atoms with Gasteiger partial charge in [-0.05, 0) is 68.1 Å². The average Bonchev–Trinajstić information content (AvgIpc) is 3.00. The zero-order chi connectivity index (χ0) is 26.3. The third-order valence-corrected chi connectivity index (χ3v) is 8.30. The van der Waals surface area contributed by atoms with Gasteiger partial charge >= 0.3 is 5.97 Å². The molecule has 1 heterocycles. The number of rotatable bonds is 9. The number of halogens is 1. The Bertz CT molecular complexity index is 1190. The van der Waals surface area contributed by atoms with Crippen LogP contribution in [0.25, 0.3) is 0 Å². The largest absolute Gasteiger partial charge is 0.465 e. The van der Waals surface area contributed by atoms with Crippen LogP contribution in [-0.2, 0) is 20.4 Å². The number of hydrogen-bond acceptors (Lipinski definition) is 3. The summed E-state index contributed by atoms with van der Waals surface area (Å²) in [7, 11) is 0. The van der Waals surface area contributed by atoms with Crippen molar-refractivity contribution in [3.05, 3.63) is 144 Å². The van der Waals surface area contributed by atoms with Crippen molar-refractivity contribution in [3.63, 3.8) is 0 Å². The van der Waals surface area contributed by atoms with Crippen molar-refractivity contribution >= 4 is 18.4 Å². The molecule has 0 aromatic heterocycles. The molecular weight excluding hydrogens is 502 g/mol. The maximum atomic E-state index is 13.3. The molecule has 202 valence electrons. The van der Waals surface area contributed by atoms with Crippen molar-refractivity contribution < 1.29 is 9.53 Å². The molecular formula is C35H38ClNO2. The molecule has 0 bridgehead atoms. The van der Waals surface area contributed by atoms with E-state index < -0.39 is 5.41 Å². The van der Waals surface area contributed by atoms with Crippen LogP contribution in [0.15, 0.2) is 121 Å². The summed E-state index contributed by atoms with van der Waals surface area (Å²) in [5.74, 6) is -0.0851. The summed E-state index contributed by atoms with van der Waals surface area (Å²) in [6, 6.07) is 42.9. The Labute approximate surface area is 239 Å². The molecule has 4 aromatic rings. The van der Waals surface area contributed by atoms with E-state index in [0.29, 0.717) is 6.61 Å². The third kappa shape index (κ3) is 5.80. The Hall–Kier alpha value is -3.40. The summed E-state index contributed by atoms with van der Waals surface area (Å²) in [4.78, 5) is 15.8. The van der Waals surface area contributed by atoms with Gasteiger partial charge in [-0.2, -0.15) is 0 Å². The van der Waals surface area contributed by atoms with Gasteiger partial charge in [-0.3, -0.25) is 4.79 Å². The lowest BCUT2D eigenvalue weighted by Crippen LogP contribution is -2.49. The molecule has 0 atom stereocenters. The fraction of sp³-hybridized carbons (Fsp3) is 0.286. The zero-order valence-electron chi connectivity index (χ0n) is 22.7. The van der Waals surface area contributed by atoms with Crippen molar-refractivity contribution in [3.8, 4) is 0 Å². The van der Waals surface area contributed by atoms with Crippen LogP contribution in [0.5, 0.6) is 0 Å². The Morgan fingerprint density at radius 2 is 1.13 bits per heavy atom. The topological polar surface area (TPSA) is 29.5 Å². The Morgan fingerprint density at radius 3 is 1.54 bits per heavy atom. The third-order valence-electron chi connectivity index (χ3n) is 8.30. The molecule has 4 aromatic carbocycles. The van der Waals surface area contributed by atoms with E-state index in [0.717, 1.165) is 44.5 Å². The van der Waals surface area contributed by atoms with Gasteiger partial charge in [-0.1, -0.05) is 121 Å². The van der Waals surface area contributed by atoms with Gasteiger partial charge in [-0.25, -0.2) is 0 Å². The predicted octanol–water partition coefficient (Wildman–Crippen LogP) is 7.43. The second-order valence-corrected chi connectivity index (χ2v) is 10.3. The quantitative estimate of drug-likeness (QED) is 0.164. The summed E-state index contributed by atoms with van der Waals surface area (Å²) in [5, 5.41) is 0. The minimum absolute atomic E-state index is 0. The lowest BCUT2D eigenvalue weighted by atomic mass is 9.67. The first kappa shape index (κ1) is 28.6. The van der Waals surface area contributed by atoms with Crippen molar-refractivity contribution in [1.82, 2.24) is 4.90 Å². The highest BCUT2D eigenvalue weighted by Crippen LogP contribution is 2.43. The molecule has 3 nitrogen and oxygen atoms in total. The lowest BCUT2D eigenvalue weighted by molar-refractivity contribution is -0.152. The maximum Gasteiger partial charge on any atom is 0.316 e. The van der Waals surface area contributed by atoms with Gasteiger partial charge < -0.3 is 9.64 Å². The first-order valence-electron chi connectivity index (χ1n) is 13.8. The molecule has 0 spiro atoms. The summed E-state index contributed by atoms with van der Waals surface area (Å²) in [6.07, 6.45) is 2.48. The van der Waals surface area contributed by atoms with E-state index in [4.69, 9.17) is 4.74 Å². The summed E-state index contributed by atoms with van der Waals surface area (Å²) in [5.41, 5.74) is 4.16. The SMILES string of the molecule is CCOC(=O)C1(c2ccccc2)CCN(CCC(c2ccccc2)(c2ccccc2)c2ccccc2)CC1.Cl. The number of hydrogen-bond donors (Lipinski definition) is 0. The minimum Gasteiger partial charge on any atom is -0.465 e. The van der Waals surface area contributed by atoms with E-state index in [1.807, 2.05) is 25.1 Å². The molecule has 0 aliphatic carbocycles. The molecule has 1 aliphatic rings. The first-order chi connectivity index (χ1) is 18.7. The second-order valence-electron chi connectivity index (χ2n) is 10.3. The van der Waals surface area contributed by atoms with Gasteiger partial charge in [-0.15, -0.1) is 12.4 Å². The highest BCUT2D eigenvalue weighted by atomic mass is 35.5. The maximum absolute atomic E-state index is 13.3. The van der Waals surface area contributed by atoms with Crippen molar-refractivity contribution in [1.29, 1.82) is 0 Å². The molecule has 0 radical (unpaired) electrons. The zero-order valence-corrected chi connectivity index (χ0v) is 23.5. The fourth-order valence-electron chi connectivity index (χ4n) is 6.22. The van der Waals surface area contributed by atoms with Crippen molar-refractivity contribution in [2.24, 2.45) is 0 Å². The van der Waals surface area contributed by atoms with Gasteiger partial charge in [0.25, 0.3) is 0 Å². The minimum atomic E-state index is -0.566. The number of piperidine rings is 1. The Balaban J connectivity index is 0.00000353. The molecule has 0 N–H and O–H groups in total. The van der Waals surface area contributed by atoms with Gasteiger partial charge in [0.05, 0.1) is 12.0 Å². The smallest absolute Gasteiger partial charge is 0.316 e. The molecule has 0 saturated carbocycles. The van der Waals surface area contributed by atoms with Crippen LogP contribution in [0.2, 0.25) is 0 Å². The predicted molar refractivity (Wildman–Crippen MR) is 161 cm³/mol. The van der Waals surface area contributed by atoms with Crippen LogP contribution in [0.1, 0.15) is 48.4 Å². The van der Waals surface area contributed by atoms with E-state index in [-0.39, 0.29) is 23.8 Å². The number of carbonyl (C=O) groups excluding carboxylic acids is 1. The molecule has 0 unspecified atom stereocenters. The number of carbonyl (C=O) groups is 1. The van der Waals surface area contributed by atoms with E-state index in [2.05, 4.69) is 108 Å². The number of nitrogens with zero attached hydrogens (tertiary/aromatic N) is 1. The highest BCUT2D eigenvalue weighted by molar-refractivity contribution is 5.85. The van der Waals surface area contributed by atoms with E-state index in [1.165, 1.54) is 16.7 Å². The van der Waals surface area contributed by atoms with Gasteiger partial charge in [0, 0.05) is 5.41 Å². The summed E-state index contributed by atoms with van der Waals surface area (Å²) in [6.45, 7) is 4.96. The van der Waals surface area contributed by atoms with E-state index in [9.17, 15) is 4.79 Å². The van der Waals surface area contributed by atoms with Crippen molar-refractivity contribution in [2.75, 3.05) is 26.2 Å². The standard InChI is InChI=1S/C35H37NO2.ClH/c1-2-38-33(37)34(29-15-7-3-8-16-29)23-26-36(27-24-34)28-25-35(30-17-9-4-10-18-30,31-19-11-5-12-20-31)32-21-13-6-14-22-32;/h3-22H,2,23-28H2,1H3;1H. The number of esters is 1. The van der Waals surface area contributed by atoms with Crippen LogP contribution >= 0.6 is 12.4 Å². The first-order valence-corrected chi connectivity index (χ1v) is 13.8. The molecule has 5 rings (SSSR count). The number of benzene rings is 4. The lowest BCUT2D eigenvalue weighted by Gasteiger charge is -2.42. The number of likely N-dealkylation sites (tertiary alicyclic amines) is 1. The summed E-state index contributed by atoms with van der Waals surface area (Å²) >= 11 is 0. The molecule has 4 heteroatoms. The van der Waals surface area contributed by atoms with Crippen molar-refractivity contribution in [2.45, 2.75) is 37.0 Å². The van der Waals surface area contributed by atoms with Crippen LogP contribution in [-0.4, -0.2) is 37.1 Å². The van der Waals surface area contributed by atoms with Crippen LogP contribution in [0, 0.1) is 0 Å². The van der Waals surface area contributed by atoms with Gasteiger partial charge in [0.15, 0.2) is 0 Å². The molecule has 39 heavy (non-hydrogen) atoms. The average molecular weight is 540 g/mol. The molecule has 1 aliphatic heterocycles. The Kier molecular flexibility index (Phi) is 9.61.